The lowest BCUT2D eigenvalue weighted by Gasteiger charge is -2.09. The molecule has 0 aliphatic heterocycles. The van der Waals surface area contributed by atoms with Crippen LogP contribution in [0.2, 0.25) is 0 Å². The van der Waals surface area contributed by atoms with Crippen molar-refractivity contribution in [3.63, 3.8) is 0 Å². The quantitative estimate of drug-likeness (QED) is 0.825. The van der Waals surface area contributed by atoms with Crippen LogP contribution < -0.4 is 5.32 Å². The van der Waals surface area contributed by atoms with E-state index in [1.165, 1.54) is 5.39 Å². The molecule has 0 spiro atoms. The predicted molar refractivity (Wildman–Crippen MR) is 69.7 cm³/mol. The third kappa shape index (κ3) is 3.25. The minimum atomic E-state index is 0.220. The summed E-state index contributed by atoms with van der Waals surface area (Å²) in [5.41, 5.74) is 2.07. The van der Waals surface area contributed by atoms with E-state index in [0.29, 0.717) is 0 Å². The Labute approximate surface area is 102 Å². The van der Waals surface area contributed by atoms with Crippen molar-refractivity contribution in [2.45, 2.75) is 13.5 Å². The number of aliphatic hydroxyl groups excluding tert-OH is 1. The van der Waals surface area contributed by atoms with Gasteiger partial charge in [-0.3, -0.25) is 4.98 Å². The van der Waals surface area contributed by atoms with Gasteiger partial charge in [-0.1, -0.05) is 31.2 Å². The summed E-state index contributed by atoms with van der Waals surface area (Å²) in [6.07, 6.45) is 0. The summed E-state index contributed by atoms with van der Waals surface area (Å²) in [6.45, 7) is 3.79. The first kappa shape index (κ1) is 12.0. The molecule has 0 amide bonds. The Bertz CT molecular complexity index is 484. The highest BCUT2D eigenvalue weighted by molar-refractivity contribution is 5.78. The standard InChI is InChI=1S/C14H18N2O/c1-11(10-17)8-15-9-13-7-6-12-4-2-3-5-14(12)16-13/h2-7,11,15,17H,8-10H2,1H3. The highest BCUT2D eigenvalue weighted by atomic mass is 16.3. The lowest BCUT2D eigenvalue weighted by atomic mass is 10.2. The van der Waals surface area contributed by atoms with Crippen molar-refractivity contribution in [1.82, 2.24) is 10.3 Å². The number of para-hydroxylation sites is 1. The van der Waals surface area contributed by atoms with Gasteiger partial charge in [0, 0.05) is 25.1 Å². The molecule has 2 rings (SSSR count). The van der Waals surface area contributed by atoms with Crippen LogP contribution in [0.3, 0.4) is 0 Å². The van der Waals surface area contributed by atoms with Gasteiger partial charge in [-0.2, -0.15) is 0 Å². The molecule has 1 unspecified atom stereocenters. The van der Waals surface area contributed by atoms with Crippen LogP contribution in [0.5, 0.6) is 0 Å². The summed E-state index contributed by atoms with van der Waals surface area (Å²) in [7, 11) is 0. The number of aromatic nitrogens is 1. The van der Waals surface area contributed by atoms with Crippen molar-refractivity contribution < 1.29 is 5.11 Å². The van der Waals surface area contributed by atoms with Crippen molar-refractivity contribution in [3.8, 4) is 0 Å². The normalized spacial score (nSPS) is 12.8. The zero-order valence-electron chi connectivity index (χ0n) is 10.1. The fourth-order valence-corrected chi connectivity index (χ4v) is 1.72. The molecule has 0 aliphatic carbocycles. The Morgan fingerprint density at radius 1 is 1.24 bits per heavy atom. The smallest absolute Gasteiger partial charge is 0.0705 e. The zero-order chi connectivity index (χ0) is 12.1. The molecule has 2 aromatic rings. The molecule has 1 aromatic heterocycles. The minimum absolute atomic E-state index is 0.220. The molecule has 3 heteroatoms. The van der Waals surface area contributed by atoms with Crippen molar-refractivity contribution >= 4 is 10.9 Å². The lowest BCUT2D eigenvalue weighted by Crippen LogP contribution is -2.23. The van der Waals surface area contributed by atoms with Crippen LogP contribution in [0.4, 0.5) is 0 Å². The highest BCUT2D eigenvalue weighted by Crippen LogP contribution is 2.11. The topological polar surface area (TPSA) is 45.1 Å². The summed E-state index contributed by atoms with van der Waals surface area (Å²) >= 11 is 0. The van der Waals surface area contributed by atoms with Gasteiger partial charge in [0.25, 0.3) is 0 Å². The summed E-state index contributed by atoms with van der Waals surface area (Å²) < 4.78 is 0. The molecule has 0 aliphatic rings. The SMILES string of the molecule is CC(CO)CNCc1ccc2ccccc2n1. The van der Waals surface area contributed by atoms with E-state index in [2.05, 4.69) is 22.4 Å². The number of hydrogen-bond acceptors (Lipinski definition) is 3. The van der Waals surface area contributed by atoms with E-state index >= 15 is 0 Å². The average molecular weight is 230 g/mol. The van der Waals surface area contributed by atoms with Crippen LogP contribution in [-0.2, 0) is 6.54 Å². The monoisotopic (exact) mass is 230 g/mol. The highest BCUT2D eigenvalue weighted by Gasteiger charge is 2.00. The van der Waals surface area contributed by atoms with E-state index in [4.69, 9.17) is 5.11 Å². The molecule has 0 saturated heterocycles. The van der Waals surface area contributed by atoms with Gasteiger partial charge in [0.2, 0.25) is 0 Å². The van der Waals surface area contributed by atoms with Gasteiger partial charge >= 0.3 is 0 Å². The molecule has 0 radical (unpaired) electrons. The van der Waals surface area contributed by atoms with Gasteiger partial charge in [0.15, 0.2) is 0 Å². The number of nitrogens with zero attached hydrogens (tertiary/aromatic N) is 1. The van der Waals surface area contributed by atoms with Gasteiger partial charge in [0.1, 0.15) is 0 Å². The number of fused-ring (bicyclic) bond motifs is 1. The van der Waals surface area contributed by atoms with Crippen molar-refractivity contribution in [1.29, 1.82) is 0 Å². The van der Waals surface area contributed by atoms with Gasteiger partial charge < -0.3 is 10.4 Å². The minimum Gasteiger partial charge on any atom is -0.396 e. The fourth-order valence-electron chi connectivity index (χ4n) is 1.72. The molecule has 0 saturated carbocycles. The lowest BCUT2D eigenvalue weighted by molar-refractivity contribution is 0.233. The average Bonchev–Trinajstić information content (AvgIpc) is 2.38. The van der Waals surface area contributed by atoms with E-state index in [0.717, 1.165) is 24.3 Å². The molecule has 0 bridgehead atoms. The molecule has 1 atom stereocenters. The zero-order valence-corrected chi connectivity index (χ0v) is 10.1. The summed E-state index contributed by atoms with van der Waals surface area (Å²) in [5.74, 6) is 0.287. The Balaban J connectivity index is 1.99. The first-order valence-corrected chi connectivity index (χ1v) is 5.96. The molecule has 17 heavy (non-hydrogen) atoms. The maximum atomic E-state index is 8.92. The second-order valence-electron chi connectivity index (χ2n) is 4.41. The Morgan fingerprint density at radius 3 is 2.88 bits per heavy atom. The van der Waals surface area contributed by atoms with Crippen molar-refractivity contribution in [2.24, 2.45) is 5.92 Å². The number of pyridine rings is 1. The number of aliphatic hydroxyl groups is 1. The van der Waals surface area contributed by atoms with Gasteiger partial charge in [-0.05, 0) is 18.1 Å². The van der Waals surface area contributed by atoms with E-state index in [1.54, 1.807) is 0 Å². The third-order valence-corrected chi connectivity index (χ3v) is 2.77. The van der Waals surface area contributed by atoms with E-state index < -0.39 is 0 Å². The maximum Gasteiger partial charge on any atom is 0.0705 e. The fraction of sp³-hybridized carbons (Fsp3) is 0.357. The third-order valence-electron chi connectivity index (χ3n) is 2.77. The Morgan fingerprint density at radius 2 is 2.06 bits per heavy atom. The molecular formula is C14H18N2O. The molecule has 1 aromatic carbocycles. The van der Waals surface area contributed by atoms with Crippen LogP contribution in [-0.4, -0.2) is 23.2 Å². The molecular weight excluding hydrogens is 212 g/mol. The Hall–Kier alpha value is -1.45. The van der Waals surface area contributed by atoms with Crippen LogP contribution in [0.1, 0.15) is 12.6 Å². The van der Waals surface area contributed by atoms with Crippen LogP contribution in [0.25, 0.3) is 10.9 Å². The van der Waals surface area contributed by atoms with Crippen molar-refractivity contribution in [3.05, 3.63) is 42.1 Å². The second kappa shape index (κ2) is 5.75. The number of benzene rings is 1. The van der Waals surface area contributed by atoms with Gasteiger partial charge in [-0.15, -0.1) is 0 Å². The summed E-state index contributed by atoms with van der Waals surface area (Å²) in [6, 6.07) is 12.2. The van der Waals surface area contributed by atoms with E-state index in [-0.39, 0.29) is 12.5 Å². The van der Waals surface area contributed by atoms with Gasteiger partial charge in [0.05, 0.1) is 11.2 Å². The predicted octanol–water partition coefficient (Wildman–Crippen LogP) is 1.95. The number of nitrogens with one attached hydrogen (secondary N) is 1. The largest absolute Gasteiger partial charge is 0.396 e. The first-order valence-electron chi connectivity index (χ1n) is 5.96. The van der Waals surface area contributed by atoms with Crippen molar-refractivity contribution in [2.75, 3.05) is 13.2 Å². The first-order chi connectivity index (χ1) is 8.29. The van der Waals surface area contributed by atoms with Crippen LogP contribution in [0, 0.1) is 5.92 Å². The number of hydrogen-bond donors (Lipinski definition) is 2. The summed E-state index contributed by atoms with van der Waals surface area (Å²) in [4.78, 5) is 4.57. The molecule has 3 nitrogen and oxygen atoms in total. The maximum absolute atomic E-state index is 8.92. The van der Waals surface area contributed by atoms with Crippen LogP contribution in [0.15, 0.2) is 36.4 Å². The van der Waals surface area contributed by atoms with E-state index in [9.17, 15) is 0 Å². The van der Waals surface area contributed by atoms with Gasteiger partial charge in [-0.25, -0.2) is 0 Å². The second-order valence-corrected chi connectivity index (χ2v) is 4.41. The molecule has 0 fully saturated rings. The molecule has 2 N–H and O–H groups in total. The molecule has 90 valence electrons. The number of rotatable bonds is 5. The van der Waals surface area contributed by atoms with E-state index in [1.807, 2.05) is 31.2 Å². The summed E-state index contributed by atoms with van der Waals surface area (Å²) in [5, 5.41) is 13.4. The van der Waals surface area contributed by atoms with Crippen LogP contribution >= 0.6 is 0 Å². The Kier molecular flexibility index (Phi) is 4.07. The molecule has 1 heterocycles.